The van der Waals surface area contributed by atoms with Crippen molar-refractivity contribution < 1.29 is 70.8 Å². The molecule has 2 N–H and O–H groups in total. The number of H-pyrrole nitrogens is 2. The Morgan fingerprint density at radius 1 is 0.589 bits per heavy atom. The Kier molecular flexibility index (Phi) is 28.8. The Morgan fingerprint density at radius 2 is 1.04 bits per heavy atom. The Balaban J connectivity index is 0.000000437. The molecule has 0 radical (unpaired) electrons. The molecule has 6 rings (SSSR count). The molecule has 0 aliphatic carbocycles. The molecule has 6 aromatic rings. The predicted molar refractivity (Wildman–Crippen MR) is 209 cm³/mol. The summed E-state index contributed by atoms with van der Waals surface area (Å²) in [6, 6.07) is 41.7. The molecule has 0 amide bonds. The summed E-state index contributed by atoms with van der Waals surface area (Å²) in [7, 11) is -7.81. The minimum absolute atomic E-state index is 0. The molecule has 0 saturated heterocycles. The van der Waals surface area contributed by atoms with Crippen LogP contribution in [0.5, 0.6) is 0 Å². The van der Waals surface area contributed by atoms with Crippen LogP contribution in [0.25, 0.3) is 0 Å². The summed E-state index contributed by atoms with van der Waals surface area (Å²) in [5.41, 5.74) is 4.45. The van der Waals surface area contributed by atoms with Gasteiger partial charge in [-0.15, -0.1) is 0 Å². The largest absolute Gasteiger partial charge is 2.00 e. The first-order valence-electron chi connectivity index (χ1n) is 17.9. The Morgan fingerprint density at radius 3 is 1.45 bits per heavy atom. The molecule has 2 aromatic heterocycles. The number of hydrogen-bond donors (Lipinski definition) is 2. The van der Waals surface area contributed by atoms with Crippen molar-refractivity contribution in [1.82, 2.24) is 9.97 Å². The molecular formula is C41H50Fe2N3O8P2-. The van der Waals surface area contributed by atoms with Crippen molar-refractivity contribution in [1.29, 1.82) is 5.26 Å². The monoisotopic (exact) mass is 886 g/mol. The Hall–Kier alpha value is -3.29. The second-order valence-corrected chi connectivity index (χ2v) is 14.7. The van der Waals surface area contributed by atoms with Gasteiger partial charge in [0.05, 0.1) is 45.5 Å². The van der Waals surface area contributed by atoms with Gasteiger partial charge in [-0.25, -0.2) is 53.1 Å². The molecule has 11 nitrogen and oxygen atoms in total. The van der Waals surface area contributed by atoms with Gasteiger partial charge in [-0.05, 0) is 61.8 Å². The van der Waals surface area contributed by atoms with Crippen molar-refractivity contribution >= 4 is 15.6 Å². The van der Waals surface area contributed by atoms with Crippen molar-refractivity contribution in [2.45, 2.75) is 44.9 Å². The van der Waals surface area contributed by atoms with E-state index in [1.54, 1.807) is 12.4 Å². The van der Waals surface area contributed by atoms with Crippen molar-refractivity contribution in [3.8, 4) is 6.07 Å². The molecule has 4 aromatic carbocycles. The van der Waals surface area contributed by atoms with E-state index >= 15 is 0 Å². The van der Waals surface area contributed by atoms with E-state index in [2.05, 4.69) is 9.97 Å². The smallest absolute Gasteiger partial charge is 0.756 e. The zero-order chi connectivity index (χ0) is 38.4. The van der Waals surface area contributed by atoms with Gasteiger partial charge in [-0.2, -0.15) is 77.1 Å². The molecule has 2 heterocycles. The molecule has 2 atom stereocenters. The van der Waals surface area contributed by atoms with Gasteiger partial charge >= 0.3 is 42.0 Å². The summed E-state index contributed by atoms with van der Waals surface area (Å²) in [6.07, 6.45) is 11.6. The number of nitrogens with zero attached hydrogens (tertiary/aromatic N) is 1. The topological polar surface area (TPSA) is 159 Å². The Labute approximate surface area is 352 Å². The van der Waals surface area contributed by atoms with Crippen molar-refractivity contribution in [2.24, 2.45) is 0 Å². The molecule has 0 spiro atoms. The van der Waals surface area contributed by atoms with E-state index in [4.69, 9.17) is 27.9 Å². The number of rotatable bonds is 21. The van der Waals surface area contributed by atoms with Gasteiger partial charge < -0.3 is 23.9 Å². The SMILES string of the molecule is N#CCCOP(=O)(OCCCc1ccc[cH-]1)OCCc1cc[nH]c1.O=P([O-])(OCCCc1ccc[cH-]1)OCCc1cc[nH]c1.[Fe+2].[Fe+2].c1cc[cH-]c1.c1cc[cH-]c1. The van der Waals surface area contributed by atoms with Crippen LogP contribution in [-0.2, 0) is 91.6 Å². The number of phosphoric acid groups is 2. The first-order valence-corrected chi connectivity index (χ1v) is 20.8. The fraction of sp³-hybridized carbons (Fsp3) is 0.293. The van der Waals surface area contributed by atoms with E-state index in [1.807, 2.05) is 140 Å². The van der Waals surface area contributed by atoms with Gasteiger partial charge in [0.1, 0.15) is 0 Å². The fourth-order valence-electron chi connectivity index (χ4n) is 4.64. The average molecular weight is 887 g/mol. The third kappa shape index (κ3) is 25.1. The number of nitrogens with one attached hydrogen (secondary N) is 2. The zero-order valence-electron chi connectivity index (χ0n) is 31.2. The molecule has 56 heavy (non-hydrogen) atoms. The summed E-state index contributed by atoms with van der Waals surface area (Å²) in [4.78, 5) is 17.3. The van der Waals surface area contributed by atoms with Crippen LogP contribution in [-0.4, -0.2) is 43.0 Å². The summed E-state index contributed by atoms with van der Waals surface area (Å²) < 4.78 is 49.7. The molecule has 2 unspecified atom stereocenters. The maximum Gasteiger partial charge on any atom is 2.00 e. The van der Waals surface area contributed by atoms with Gasteiger partial charge in [-0.3, -0.25) is 18.1 Å². The van der Waals surface area contributed by atoms with Gasteiger partial charge in [0.25, 0.3) is 7.82 Å². The molecule has 304 valence electrons. The van der Waals surface area contributed by atoms with Crippen molar-refractivity contribution in [2.75, 3.05) is 33.0 Å². The summed E-state index contributed by atoms with van der Waals surface area (Å²) >= 11 is 0. The van der Waals surface area contributed by atoms with E-state index in [1.165, 1.54) is 11.1 Å². The average Bonchev–Trinajstić information content (AvgIpc) is 4.03. The zero-order valence-corrected chi connectivity index (χ0v) is 35.2. The van der Waals surface area contributed by atoms with Crippen molar-refractivity contribution in [3.05, 3.63) is 168 Å². The van der Waals surface area contributed by atoms with Gasteiger partial charge in [-0.1, -0.05) is 0 Å². The maximum absolute atomic E-state index is 12.6. The van der Waals surface area contributed by atoms with E-state index in [0.29, 0.717) is 19.3 Å². The molecular weight excluding hydrogens is 836 g/mol. The van der Waals surface area contributed by atoms with Gasteiger partial charge in [0, 0.05) is 24.8 Å². The van der Waals surface area contributed by atoms with Gasteiger partial charge in [0.15, 0.2) is 0 Å². The number of aromatic amines is 2. The third-order valence-electron chi connectivity index (χ3n) is 7.36. The number of aromatic nitrogens is 2. The van der Waals surface area contributed by atoms with Crippen LogP contribution in [0.2, 0.25) is 0 Å². The second kappa shape index (κ2) is 31.8. The predicted octanol–water partition coefficient (Wildman–Crippen LogP) is 9.20. The molecule has 15 heteroatoms. The maximum atomic E-state index is 12.6. The number of aryl methyl sites for hydroxylation is 2. The summed E-state index contributed by atoms with van der Waals surface area (Å²) in [6.45, 7) is 0.780. The molecule has 0 aliphatic rings. The van der Waals surface area contributed by atoms with Crippen LogP contribution in [0.3, 0.4) is 0 Å². The van der Waals surface area contributed by atoms with Crippen LogP contribution in [0.15, 0.2) is 146 Å². The van der Waals surface area contributed by atoms with E-state index in [9.17, 15) is 14.0 Å². The number of phosphoric ester groups is 2. The van der Waals surface area contributed by atoms with Crippen LogP contribution >= 0.6 is 15.6 Å². The third-order valence-corrected chi connectivity index (χ3v) is 9.86. The molecule has 0 aliphatic heterocycles. The summed E-state index contributed by atoms with van der Waals surface area (Å²) in [5, 5.41) is 8.58. The normalized spacial score (nSPS) is 12.3. The van der Waals surface area contributed by atoms with Crippen molar-refractivity contribution in [3.63, 3.8) is 0 Å². The van der Waals surface area contributed by atoms with Crippen LogP contribution < -0.4 is 4.89 Å². The number of hydrogen-bond acceptors (Lipinski definition) is 9. The van der Waals surface area contributed by atoms with E-state index in [-0.39, 0.29) is 73.6 Å². The molecule has 0 saturated carbocycles. The van der Waals surface area contributed by atoms with E-state index in [0.717, 1.165) is 30.4 Å². The first kappa shape index (κ1) is 50.7. The summed E-state index contributed by atoms with van der Waals surface area (Å²) in [5.74, 6) is 0. The van der Waals surface area contributed by atoms with E-state index < -0.39 is 15.6 Å². The van der Waals surface area contributed by atoms with Crippen LogP contribution in [0, 0.1) is 11.3 Å². The first-order chi connectivity index (χ1) is 26.4. The molecule has 0 bridgehead atoms. The van der Waals surface area contributed by atoms with Crippen LogP contribution in [0.1, 0.15) is 41.5 Å². The van der Waals surface area contributed by atoms with Crippen LogP contribution in [0.4, 0.5) is 0 Å². The van der Waals surface area contributed by atoms with Gasteiger partial charge in [0.2, 0.25) is 0 Å². The minimum atomic E-state index is -4.18. The minimum Gasteiger partial charge on any atom is -0.756 e. The Bertz CT molecular complexity index is 1730. The fourth-order valence-corrected chi connectivity index (χ4v) is 6.59. The standard InChI is InChI=1S/C17H22N2O4P.C14H19NO4P.2C5H5.2Fe/c18-10-4-13-22-24(20,23-14-9-17-8-11-19-15-17)21-12-3-7-16-5-1-2-6-16;16-20(17,19-11-8-14-7-9-15-12-14)18-10-3-6-13-4-1-2-5-13;2*1-2-4-5-3-1;;/h1-2,5-6,8,11,15,19H,3-4,7,9,12-14H2;1-2,4-5,7,9,12,15H,3,6,8,10-11H2,(H,16,17);2*1-5H;;/q4*-1;2*+2/p-1. The molecule has 0 fully saturated rings. The second-order valence-electron chi connectivity index (χ2n) is 11.6. The number of nitriles is 1. The quantitative estimate of drug-likeness (QED) is 0.0311.